The SMILES string of the molecule is CS(=O)(=O)CCC(=O)NCC(=O)O. The predicted molar refractivity (Wildman–Crippen MR) is 45.0 cm³/mol. The van der Waals surface area contributed by atoms with Crippen LogP contribution in [0.3, 0.4) is 0 Å². The number of hydrogen-bond acceptors (Lipinski definition) is 4. The maximum Gasteiger partial charge on any atom is 0.322 e. The molecular formula is C6H11NO5S. The van der Waals surface area contributed by atoms with Crippen LogP contribution < -0.4 is 5.32 Å². The van der Waals surface area contributed by atoms with Crippen LogP contribution >= 0.6 is 0 Å². The molecule has 7 heteroatoms. The topological polar surface area (TPSA) is 101 Å². The summed E-state index contributed by atoms with van der Waals surface area (Å²) in [5.41, 5.74) is 0. The molecule has 0 fully saturated rings. The summed E-state index contributed by atoms with van der Waals surface area (Å²) in [6.07, 6.45) is 0.809. The van der Waals surface area contributed by atoms with E-state index >= 15 is 0 Å². The number of carboxylic acids is 1. The fourth-order valence-corrected chi connectivity index (χ4v) is 1.10. The standard InChI is InChI=1S/C6H11NO5S/c1-13(11,12)3-2-5(8)7-4-6(9)10/h2-4H2,1H3,(H,7,8)(H,9,10). The molecule has 6 nitrogen and oxygen atoms in total. The van der Waals surface area contributed by atoms with E-state index in [9.17, 15) is 18.0 Å². The summed E-state index contributed by atoms with van der Waals surface area (Å²) in [4.78, 5) is 20.7. The lowest BCUT2D eigenvalue weighted by atomic mass is 10.4. The van der Waals surface area contributed by atoms with Gasteiger partial charge < -0.3 is 10.4 Å². The van der Waals surface area contributed by atoms with Crippen molar-refractivity contribution in [1.29, 1.82) is 0 Å². The predicted octanol–water partition coefficient (Wildman–Crippen LogP) is -1.38. The second-order valence-corrected chi connectivity index (χ2v) is 4.81. The maximum absolute atomic E-state index is 10.8. The molecule has 0 aromatic heterocycles. The van der Waals surface area contributed by atoms with Crippen LogP contribution in [0, 0.1) is 0 Å². The third kappa shape index (κ3) is 8.80. The number of amides is 1. The van der Waals surface area contributed by atoms with Crippen molar-refractivity contribution in [2.75, 3.05) is 18.6 Å². The molecule has 1 amide bonds. The van der Waals surface area contributed by atoms with Gasteiger partial charge in [0, 0.05) is 12.7 Å². The van der Waals surface area contributed by atoms with Gasteiger partial charge in [0.15, 0.2) is 0 Å². The molecule has 0 heterocycles. The number of nitrogens with one attached hydrogen (secondary N) is 1. The molecule has 0 aromatic rings. The van der Waals surface area contributed by atoms with Crippen LogP contribution in [-0.4, -0.2) is 44.0 Å². The first-order valence-electron chi connectivity index (χ1n) is 3.47. The van der Waals surface area contributed by atoms with E-state index in [0.29, 0.717) is 0 Å². The van der Waals surface area contributed by atoms with E-state index in [4.69, 9.17) is 5.11 Å². The molecule has 0 spiro atoms. The van der Waals surface area contributed by atoms with E-state index in [2.05, 4.69) is 5.32 Å². The normalized spacial score (nSPS) is 10.8. The maximum atomic E-state index is 10.8. The Bertz CT molecular complexity index is 294. The minimum Gasteiger partial charge on any atom is -0.480 e. The van der Waals surface area contributed by atoms with Crippen molar-refractivity contribution in [2.24, 2.45) is 0 Å². The van der Waals surface area contributed by atoms with Crippen molar-refractivity contribution in [3.05, 3.63) is 0 Å². The van der Waals surface area contributed by atoms with Crippen LogP contribution in [0.5, 0.6) is 0 Å². The number of carboxylic acid groups (broad SMARTS) is 1. The molecule has 0 aliphatic carbocycles. The average Bonchev–Trinajstić information content (AvgIpc) is 1.95. The van der Waals surface area contributed by atoms with Crippen LogP contribution in [0.25, 0.3) is 0 Å². The van der Waals surface area contributed by atoms with Crippen molar-refractivity contribution < 1.29 is 23.1 Å². The van der Waals surface area contributed by atoms with Crippen LogP contribution in [0.15, 0.2) is 0 Å². The van der Waals surface area contributed by atoms with Gasteiger partial charge in [0.25, 0.3) is 0 Å². The van der Waals surface area contributed by atoms with Crippen molar-refractivity contribution >= 4 is 21.7 Å². The fourth-order valence-electron chi connectivity index (χ4n) is 0.541. The summed E-state index contributed by atoms with van der Waals surface area (Å²) in [5, 5.41) is 10.2. The Kier molecular flexibility index (Phi) is 4.39. The van der Waals surface area contributed by atoms with Crippen molar-refractivity contribution in [3.63, 3.8) is 0 Å². The van der Waals surface area contributed by atoms with Gasteiger partial charge in [0.2, 0.25) is 5.91 Å². The molecule has 0 aliphatic heterocycles. The molecule has 13 heavy (non-hydrogen) atoms. The van der Waals surface area contributed by atoms with Crippen LogP contribution in [0.2, 0.25) is 0 Å². The van der Waals surface area contributed by atoms with Gasteiger partial charge >= 0.3 is 5.97 Å². The Balaban J connectivity index is 3.71. The van der Waals surface area contributed by atoms with E-state index in [1.807, 2.05) is 0 Å². The van der Waals surface area contributed by atoms with Crippen LogP contribution in [0.4, 0.5) is 0 Å². The van der Waals surface area contributed by atoms with E-state index in [1.165, 1.54) is 0 Å². The molecular weight excluding hydrogens is 198 g/mol. The van der Waals surface area contributed by atoms with Gasteiger partial charge in [-0.1, -0.05) is 0 Å². The Labute approximate surface area is 75.9 Å². The fraction of sp³-hybridized carbons (Fsp3) is 0.667. The second-order valence-electron chi connectivity index (χ2n) is 2.55. The monoisotopic (exact) mass is 209 g/mol. The summed E-state index contributed by atoms with van der Waals surface area (Å²) in [6, 6.07) is 0. The first kappa shape index (κ1) is 11.9. The van der Waals surface area contributed by atoms with Gasteiger partial charge in [-0.25, -0.2) is 8.42 Å². The number of carbonyl (C=O) groups is 2. The van der Waals surface area contributed by atoms with Crippen LogP contribution in [0.1, 0.15) is 6.42 Å². The van der Waals surface area contributed by atoms with Gasteiger partial charge in [-0.2, -0.15) is 0 Å². The Morgan fingerprint density at radius 2 is 1.92 bits per heavy atom. The first-order valence-corrected chi connectivity index (χ1v) is 5.53. The highest BCUT2D eigenvalue weighted by atomic mass is 32.2. The molecule has 0 aromatic carbocycles. The average molecular weight is 209 g/mol. The highest BCUT2D eigenvalue weighted by Gasteiger charge is 2.08. The summed E-state index contributed by atoms with van der Waals surface area (Å²) < 4.78 is 21.2. The third-order valence-electron chi connectivity index (χ3n) is 1.14. The quantitative estimate of drug-likeness (QED) is 0.581. The zero-order chi connectivity index (χ0) is 10.5. The zero-order valence-electron chi connectivity index (χ0n) is 7.11. The minimum absolute atomic E-state index is 0.202. The van der Waals surface area contributed by atoms with Gasteiger partial charge in [0.05, 0.1) is 5.75 Å². The molecule has 0 aliphatic rings. The lowest BCUT2D eigenvalue weighted by molar-refractivity contribution is -0.137. The molecule has 0 saturated heterocycles. The number of carbonyl (C=O) groups excluding carboxylic acids is 1. The molecule has 0 radical (unpaired) electrons. The third-order valence-corrected chi connectivity index (χ3v) is 2.08. The smallest absolute Gasteiger partial charge is 0.322 e. The molecule has 0 unspecified atom stereocenters. The zero-order valence-corrected chi connectivity index (χ0v) is 7.93. The van der Waals surface area contributed by atoms with Gasteiger partial charge in [-0.05, 0) is 0 Å². The molecule has 0 rings (SSSR count). The Morgan fingerprint density at radius 3 is 2.31 bits per heavy atom. The Hall–Kier alpha value is -1.11. The Morgan fingerprint density at radius 1 is 1.38 bits per heavy atom. The lowest BCUT2D eigenvalue weighted by Gasteiger charge is -2.00. The number of aliphatic carboxylic acids is 1. The molecule has 0 atom stereocenters. The first-order chi connectivity index (χ1) is 5.81. The van der Waals surface area contributed by atoms with E-state index in [0.717, 1.165) is 6.26 Å². The van der Waals surface area contributed by atoms with Gasteiger partial charge in [-0.3, -0.25) is 9.59 Å². The van der Waals surface area contributed by atoms with Crippen LogP contribution in [-0.2, 0) is 19.4 Å². The summed E-state index contributed by atoms with van der Waals surface area (Å²) in [6.45, 7) is -0.484. The molecule has 2 N–H and O–H groups in total. The van der Waals surface area contributed by atoms with E-state index in [1.54, 1.807) is 0 Å². The molecule has 0 bridgehead atoms. The number of rotatable bonds is 5. The molecule has 0 saturated carbocycles. The minimum atomic E-state index is -3.17. The van der Waals surface area contributed by atoms with Gasteiger partial charge in [0.1, 0.15) is 16.4 Å². The summed E-state index contributed by atoms with van der Waals surface area (Å²) in [7, 11) is -3.17. The van der Waals surface area contributed by atoms with Gasteiger partial charge in [-0.15, -0.1) is 0 Å². The number of sulfone groups is 1. The van der Waals surface area contributed by atoms with Crippen molar-refractivity contribution in [2.45, 2.75) is 6.42 Å². The highest BCUT2D eigenvalue weighted by Crippen LogP contribution is 1.88. The second kappa shape index (κ2) is 4.80. The highest BCUT2D eigenvalue weighted by molar-refractivity contribution is 7.90. The number of hydrogen-bond donors (Lipinski definition) is 2. The summed E-state index contributed by atoms with van der Waals surface area (Å²) >= 11 is 0. The van der Waals surface area contributed by atoms with E-state index in [-0.39, 0.29) is 12.2 Å². The van der Waals surface area contributed by atoms with E-state index < -0.39 is 28.3 Å². The molecule has 76 valence electrons. The largest absolute Gasteiger partial charge is 0.480 e. The summed E-state index contributed by atoms with van der Waals surface area (Å²) in [5.74, 6) is -2.00. The van der Waals surface area contributed by atoms with Crippen molar-refractivity contribution in [3.8, 4) is 0 Å². The lowest BCUT2D eigenvalue weighted by Crippen LogP contribution is -2.30. The van der Waals surface area contributed by atoms with Crippen molar-refractivity contribution in [1.82, 2.24) is 5.32 Å².